The Balaban J connectivity index is 1.17. The Kier molecular flexibility index (Phi) is 9.62. The van der Waals surface area contributed by atoms with E-state index in [1.54, 1.807) is 36.5 Å². The van der Waals surface area contributed by atoms with E-state index in [2.05, 4.69) is 85.1 Å². The number of halogens is 3. The van der Waals surface area contributed by atoms with Crippen molar-refractivity contribution in [1.29, 1.82) is 0 Å². The first kappa shape index (κ1) is 29.1. The average Bonchev–Trinajstić information content (AvgIpc) is 3.43. The minimum atomic E-state index is -0.318. The van der Waals surface area contributed by atoms with Crippen LogP contribution in [0.5, 0.6) is 5.75 Å². The van der Waals surface area contributed by atoms with Gasteiger partial charge in [-0.05, 0) is 100 Å². The van der Waals surface area contributed by atoms with E-state index < -0.39 is 0 Å². The summed E-state index contributed by atoms with van der Waals surface area (Å²) in [5.74, 6) is 0.0611. The second-order valence-electron chi connectivity index (χ2n) is 9.00. The lowest BCUT2D eigenvalue weighted by molar-refractivity contribution is 0.0955. The van der Waals surface area contributed by atoms with Crippen LogP contribution in [0.4, 0.5) is 15.2 Å². The van der Waals surface area contributed by atoms with Crippen molar-refractivity contribution in [2.45, 2.75) is 13.5 Å². The number of ether oxygens (including phenoxy) is 1. The van der Waals surface area contributed by atoms with E-state index >= 15 is 0 Å². The molecule has 5 rings (SSSR count). The van der Waals surface area contributed by atoms with Crippen LogP contribution in [-0.4, -0.2) is 17.1 Å². The van der Waals surface area contributed by atoms with Gasteiger partial charge in [0, 0.05) is 27.8 Å². The standard InChI is InChI=1S/C31H23FI2N4O2S/c1-19-6-12-24(13-7-19)36-31-37-28(18-41-31)21-8-10-22(11-9-21)30(39)38-35-16-20-14-26(33)29(27(34)15-20)40-17-23-4-2-3-5-25(23)32/h2-16,18H,17H2,1H3,(H,36,37)(H,38,39)/b35-16-. The summed E-state index contributed by atoms with van der Waals surface area (Å²) in [6.45, 7) is 2.19. The minimum absolute atomic E-state index is 0.134. The Bertz CT molecular complexity index is 1680. The van der Waals surface area contributed by atoms with Gasteiger partial charge in [0.15, 0.2) is 5.13 Å². The molecule has 0 saturated carbocycles. The average molecular weight is 788 g/mol. The topological polar surface area (TPSA) is 75.6 Å². The fourth-order valence-corrected chi connectivity index (χ4v) is 6.67. The van der Waals surface area contributed by atoms with Crippen molar-refractivity contribution in [1.82, 2.24) is 10.4 Å². The van der Waals surface area contributed by atoms with Crippen LogP contribution >= 0.6 is 56.5 Å². The maximum absolute atomic E-state index is 13.9. The number of anilines is 2. The van der Waals surface area contributed by atoms with Gasteiger partial charge in [0.05, 0.1) is 19.0 Å². The summed E-state index contributed by atoms with van der Waals surface area (Å²) in [4.78, 5) is 17.3. The fraction of sp³-hybridized carbons (Fsp3) is 0.0645. The number of nitrogens with zero attached hydrogens (tertiary/aromatic N) is 2. The van der Waals surface area contributed by atoms with Gasteiger partial charge in [-0.3, -0.25) is 4.79 Å². The van der Waals surface area contributed by atoms with E-state index in [1.165, 1.54) is 23.0 Å². The molecule has 6 nitrogen and oxygen atoms in total. The van der Waals surface area contributed by atoms with Gasteiger partial charge < -0.3 is 10.1 Å². The summed E-state index contributed by atoms with van der Waals surface area (Å²) in [7, 11) is 0. The van der Waals surface area contributed by atoms with Gasteiger partial charge in [0.2, 0.25) is 0 Å². The van der Waals surface area contributed by atoms with Crippen LogP contribution in [-0.2, 0) is 6.61 Å². The molecule has 4 aromatic carbocycles. The van der Waals surface area contributed by atoms with E-state index in [0.29, 0.717) is 16.9 Å². The van der Waals surface area contributed by atoms with Gasteiger partial charge >= 0.3 is 0 Å². The van der Waals surface area contributed by atoms with Gasteiger partial charge in [-0.1, -0.05) is 48.0 Å². The largest absolute Gasteiger partial charge is 0.487 e. The van der Waals surface area contributed by atoms with Crippen LogP contribution in [0.3, 0.4) is 0 Å². The molecule has 0 bridgehead atoms. The Hall–Kier alpha value is -3.36. The zero-order valence-corrected chi connectivity index (χ0v) is 26.8. The molecular formula is C31H23FI2N4O2S. The number of aryl methyl sites for hydroxylation is 1. The molecule has 0 aliphatic carbocycles. The highest BCUT2D eigenvalue weighted by Crippen LogP contribution is 2.30. The number of nitrogens with one attached hydrogen (secondary N) is 2. The summed E-state index contributed by atoms with van der Waals surface area (Å²) in [6.07, 6.45) is 1.58. The van der Waals surface area contributed by atoms with Crippen LogP contribution < -0.4 is 15.5 Å². The number of benzene rings is 4. The summed E-state index contributed by atoms with van der Waals surface area (Å²) in [5, 5.41) is 10.2. The van der Waals surface area contributed by atoms with Crippen LogP contribution in [0.25, 0.3) is 11.3 Å². The molecule has 2 N–H and O–H groups in total. The number of carbonyl (C=O) groups excluding carboxylic acids is 1. The number of hydrogen-bond donors (Lipinski definition) is 2. The molecule has 206 valence electrons. The van der Waals surface area contributed by atoms with Gasteiger partial charge in [-0.25, -0.2) is 14.8 Å². The fourth-order valence-electron chi connectivity index (χ4n) is 3.80. The predicted molar refractivity (Wildman–Crippen MR) is 180 cm³/mol. The number of amides is 1. The third-order valence-electron chi connectivity index (χ3n) is 5.98. The van der Waals surface area contributed by atoms with Crippen LogP contribution in [0.15, 0.2) is 95.4 Å². The lowest BCUT2D eigenvalue weighted by Gasteiger charge is -2.12. The maximum atomic E-state index is 13.9. The zero-order valence-electron chi connectivity index (χ0n) is 21.7. The van der Waals surface area contributed by atoms with Crippen LogP contribution in [0.2, 0.25) is 0 Å². The Morgan fingerprint density at radius 2 is 1.73 bits per heavy atom. The van der Waals surface area contributed by atoms with E-state index in [4.69, 9.17) is 4.74 Å². The first-order chi connectivity index (χ1) is 19.9. The molecule has 0 fully saturated rings. The maximum Gasteiger partial charge on any atom is 0.271 e. The summed E-state index contributed by atoms with van der Waals surface area (Å²) in [6, 6.07) is 25.7. The van der Waals surface area contributed by atoms with E-state index in [-0.39, 0.29) is 18.3 Å². The molecule has 41 heavy (non-hydrogen) atoms. The summed E-state index contributed by atoms with van der Waals surface area (Å²) >= 11 is 5.87. The normalized spacial score (nSPS) is 11.0. The molecule has 0 unspecified atom stereocenters. The lowest BCUT2D eigenvalue weighted by atomic mass is 10.1. The highest BCUT2D eigenvalue weighted by atomic mass is 127. The molecule has 0 aliphatic rings. The van der Waals surface area contributed by atoms with Crippen LogP contribution in [0, 0.1) is 19.9 Å². The smallest absolute Gasteiger partial charge is 0.271 e. The minimum Gasteiger partial charge on any atom is -0.487 e. The van der Waals surface area contributed by atoms with Crippen molar-refractivity contribution in [3.8, 4) is 17.0 Å². The first-order valence-corrected chi connectivity index (χ1v) is 15.5. The highest BCUT2D eigenvalue weighted by molar-refractivity contribution is 14.1. The van der Waals surface area contributed by atoms with Crippen molar-refractivity contribution in [3.63, 3.8) is 0 Å². The molecule has 0 saturated heterocycles. The molecule has 0 atom stereocenters. The molecular weight excluding hydrogens is 765 g/mol. The molecule has 1 amide bonds. The summed E-state index contributed by atoms with van der Waals surface area (Å²) < 4.78 is 21.5. The second-order valence-corrected chi connectivity index (χ2v) is 12.2. The molecule has 1 heterocycles. The van der Waals surface area contributed by atoms with E-state index in [1.807, 2.05) is 41.8 Å². The number of hydrazone groups is 1. The molecule has 0 spiro atoms. The van der Waals surface area contributed by atoms with Crippen molar-refractivity contribution < 1.29 is 13.9 Å². The third kappa shape index (κ3) is 7.68. The molecule has 1 aromatic heterocycles. The zero-order chi connectivity index (χ0) is 28.8. The quantitative estimate of drug-likeness (QED) is 0.0893. The van der Waals surface area contributed by atoms with Crippen LogP contribution in [0.1, 0.15) is 27.0 Å². The van der Waals surface area contributed by atoms with Gasteiger partial charge in [0.25, 0.3) is 5.91 Å². The highest BCUT2D eigenvalue weighted by Gasteiger charge is 2.11. The first-order valence-electron chi connectivity index (χ1n) is 12.4. The van der Waals surface area contributed by atoms with Crippen molar-refractivity contribution in [3.05, 3.63) is 126 Å². The van der Waals surface area contributed by atoms with E-state index in [0.717, 1.165) is 34.8 Å². The number of rotatable bonds is 9. The van der Waals surface area contributed by atoms with Crippen molar-refractivity contribution in [2.24, 2.45) is 5.10 Å². The van der Waals surface area contributed by atoms with Gasteiger partial charge in [-0.2, -0.15) is 5.10 Å². The monoisotopic (exact) mass is 788 g/mol. The second kappa shape index (κ2) is 13.5. The number of aromatic nitrogens is 1. The van der Waals surface area contributed by atoms with Crippen molar-refractivity contribution >= 4 is 79.5 Å². The van der Waals surface area contributed by atoms with Crippen molar-refractivity contribution in [2.75, 3.05) is 5.32 Å². The lowest BCUT2D eigenvalue weighted by Crippen LogP contribution is -2.17. The van der Waals surface area contributed by atoms with Gasteiger partial charge in [-0.15, -0.1) is 11.3 Å². The molecule has 0 aliphatic heterocycles. The third-order valence-corrected chi connectivity index (χ3v) is 8.34. The molecule has 10 heteroatoms. The number of thiazole rings is 1. The molecule has 0 radical (unpaired) electrons. The Labute approximate surface area is 268 Å². The Morgan fingerprint density at radius 1 is 1.02 bits per heavy atom. The van der Waals surface area contributed by atoms with Gasteiger partial charge in [0.1, 0.15) is 18.2 Å². The Morgan fingerprint density at radius 3 is 2.44 bits per heavy atom. The van der Waals surface area contributed by atoms with E-state index in [9.17, 15) is 9.18 Å². The SMILES string of the molecule is Cc1ccc(Nc2nc(-c3ccc(C(=O)N/N=C\c4cc(I)c(OCc5ccccc5F)c(I)c4)cc3)cs2)cc1. The molecule has 5 aromatic rings. The number of hydrogen-bond acceptors (Lipinski definition) is 6. The predicted octanol–water partition coefficient (Wildman–Crippen LogP) is 8.55. The number of carbonyl (C=O) groups is 1. The summed E-state index contributed by atoms with van der Waals surface area (Å²) in [5.41, 5.74) is 8.29.